The van der Waals surface area contributed by atoms with Crippen LogP contribution in [0.25, 0.3) is 48.7 Å². The summed E-state index contributed by atoms with van der Waals surface area (Å²) in [7, 11) is 4.10. The lowest BCUT2D eigenvalue weighted by molar-refractivity contribution is -0.129. The highest BCUT2D eigenvalue weighted by Gasteiger charge is 2.36. The Balaban J connectivity index is 1.43. The third-order valence-corrected chi connectivity index (χ3v) is 9.64. The molecule has 2 aliphatic rings. The Bertz CT molecular complexity index is 2020. The number of hydrogen-bond donors (Lipinski definition) is 0. The van der Waals surface area contributed by atoms with Crippen LogP contribution in [0.15, 0.2) is 61.7 Å². The van der Waals surface area contributed by atoms with Gasteiger partial charge in [0.25, 0.3) is 0 Å². The van der Waals surface area contributed by atoms with E-state index in [4.69, 9.17) is 28.1 Å². The second-order valence-electron chi connectivity index (χ2n) is 12.1. The van der Waals surface area contributed by atoms with Gasteiger partial charge in [0.1, 0.15) is 17.1 Å². The number of pyridine rings is 2. The fourth-order valence-electron chi connectivity index (χ4n) is 6.83. The number of rotatable bonds is 6. The maximum atomic E-state index is 16.9. The van der Waals surface area contributed by atoms with Gasteiger partial charge in [-0.1, -0.05) is 42.4 Å². The third-order valence-electron chi connectivity index (χ3n) is 9.34. The van der Waals surface area contributed by atoms with Crippen LogP contribution in [0.5, 0.6) is 0 Å². The lowest BCUT2D eigenvalue weighted by Crippen LogP contribution is -2.57. The molecular formula is C34H32ClFN8O. The molecule has 9 nitrogen and oxygen atoms in total. The van der Waals surface area contributed by atoms with Crippen molar-refractivity contribution in [3.05, 3.63) is 84.0 Å². The zero-order valence-electron chi connectivity index (χ0n) is 25.1. The van der Waals surface area contributed by atoms with Crippen molar-refractivity contribution in [2.45, 2.75) is 31.0 Å². The van der Waals surface area contributed by atoms with Gasteiger partial charge >= 0.3 is 0 Å². The number of benzene rings is 2. The molecule has 5 heterocycles. The van der Waals surface area contributed by atoms with Crippen LogP contribution in [0, 0.1) is 12.4 Å². The summed E-state index contributed by atoms with van der Waals surface area (Å²) in [5.74, 6) is -0.0462. The van der Waals surface area contributed by atoms with Crippen molar-refractivity contribution in [2.24, 2.45) is 0 Å². The molecule has 0 saturated carbocycles. The Labute approximate surface area is 265 Å². The van der Waals surface area contributed by atoms with Gasteiger partial charge in [-0.25, -0.2) is 20.9 Å². The minimum Gasteiger partial charge on any atom is -0.351 e. The van der Waals surface area contributed by atoms with Crippen molar-refractivity contribution in [1.29, 1.82) is 0 Å². The minimum absolute atomic E-state index is 0.0660. The van der Waals surface area contributed by atoms with Crippen molar-refractivity contribution in [3.63, 3.8) is 0 Å². The maximum Gasteiger partial charge on any atom is 0.246 e. The van der Waals surface area contributed by atoms with Crippen LogP contribution in [0.1, 0.15) is 18.9 Å². The van der Waals surface area contributed by atoms with Crippen LogP contribution >= 0.6 is 11.6 Å². The Morgan fingerprint density at radius 2 is 2.02 bits per heavy atom. The van der Waals surface area contributed by atoms with E-state index < -0.39 is 5.82 Å². The molecule has 2 atom stereocenters. The first-order valence-electron chi connectivity index (χ1n) is 15.0. The molecule has 0 aliphatic carbocycles. The summed E-state index contributed by atoms with van der Waals surface area (Å²) in [6.07, 6.45) is 7.71. The average Bonchev–Trinajstić information content (AvgIpc) is 3.46. The summed E-state index contributed by atoms with van der Waals surface area (Å²) < 4.78 is 19.0. The molecule has 0 unspecified atom stereocenters. The lowest BCUT2D eigenvalue weighted by Gasteiger charge is -2.43. The number of nitrogens with zero attached hydrogens (tertiary/aromatic N) is 8. The van der Waals surface area contributed by atoms with E-state index in [0.29, 0.717) is 47.7 Å². The zero-order chi connectivity index (χ0) is 31.4. The van der Waals surface area contributed by atoms with E-state index in [9.17, 15) is 4.79 Å². The molecule has 0 spiro atoms. The van der Waals surface area contributed by atoms with E-state index in [0.717, 1.165) is 29.4 Å². The molecule has 2 aromatic carbocycles. The average molecular weight is 623 g/mol. The van der Waals surface area contributed by atoms with Crippen LogP contribution in [-0.4, -0.2) is 87.6 Å². The maximum absolute atomic E-state index is 16.9. The number of carbonyl (C=O) groups is 1. The molecule has 0 N–H and O–H groups in total. The fourth-order valence-corrected chi connectivity index (χ4v) is 7.13. The normalized spacial score (nSPS) is 18.9. The summed E-state index contributed by atoms with van der Waals surface area (Å²) in [6.45, 7) is 13.3. The molecule has 2 aliphatic heterocycles. The highest BCUT2D eigenvalue weighted by molar-refractivity contribution is 6.35. The van der Waals surface area contributed by atoms with E-state index in [-0.39, 0.29) is 40.6 Å². The number of carbonyl (C=O) groups excluding carboxylic acids is 1. The Morgan fingerprint density at radius 3 is 2.78 bits per heavy atom. The first kappa shape index (κ1) is 29.1. The van der Waals surface area contributed by atoms with E-state index in [2.05, 4.69) is 44.9 Å². The number of piperidine rings is 1. The smallest absolute Gasteiger partial charge is 0.246 e. The number of likely N-dealkylation sites (tertiary alicyclic amines) is 1. The molecule has 45 heavy (non-hydrogen) atoms. The van der Waals surface area contributed by atoms with Crippen molar-refractivity contribution < 1.29 is 9.18 Å². The monoisotopic (exact) mass is 622 g/mol. The molecule has 228 valence electrons. The molecule has 5 aromatic rings. The van der Waals surface area contributed by atoms with Gasteiger partial charge in [-0.3, -0.25) is 9.78 Å². The summed E-state index contributed by atoms with van der Waals surface area (Å²) in [5, 5.41) is 2.57. The summed E-state index contributed by atoms with van der Waals surface area (Å²) >= 11 is 6.95. The number of hydrogen-bond acceptors (Lipinski definition) is 6. The van der Waals surface area contributed by atoms with Gasteiger partial charge in [-0.15, -0.1) is 0 Å². The Hall–Kier alpha value is -4.59. The van der Waals surface area contributed by atoms with Gasteiger partial charge in [-0.05, 0) is 44.5 Å². The predicted octanol–water partition coefficient (Wildman–Crippen LogP) is 5.98. The molecule has 0 radical (unpaired) electrons. The van der Waals surface area contributed by atoms with Gasteiger partial charge < -0.3 is 24.1 Å². The van der Waals surface area contributed by atoms with Gasteiger partial charge in [0, 0.05) is 66.0 Å². The van der Waals surface area contributed by atoms with Gasteiger partial charge in [-0.2, -0.15) is 0 Å². The van der Waals surface area contributed by atoms with Crippen LogP contribution < -0.4 is 4.90 Å². The van der Waals surface area contributed by atoms with Crippen LogP contribution in [0.2, 0.25) is 5.02 Å². The number of imidazole rings is 1. The SMILES string of the molecule is [C-]#[N+]C[C@@H]1C[C@@H](n2cnc3c(N4CC(N(C)C)C4)nc4c(F)c(-c5cncc6ccccc56)c(Cl)cc4c32)CCN1C(=O)C=C. The summed E-state index contributed by atoms with van der Waals surface area (Å²) in [4.78, 5) is 36.4. The first-order valence-corrected chi connectivity index (χ1v) is 15.4. The fraction of sp³-hybridized carbons (Fsp3) is 0.324. The van der Waals surface area contributed by atoms with Crippen molar-refractivity contribution in [2.75, 3.05) is 45.2 Å². The second kappa shape index (κ2) is 11.4. The Kier molecular flexibility index (Phi) is 7.38. The largest absolute Gasteiger partial charge is 0.351 e. The number of anilines is 1. The first-order chi connectivity index (χ1) is 21.8. The topological polar surface area (TPSA) is 74.8 Å². The quantitative estimate of drug-likeness (QED) is 0.171. The lowest BCUT2D eigenvalue weighted by atomic mass is 9.95. The highest BCUT2D eigenvalue weighted by atomic mass is 35.5. The standard InChI is InChI=1S/C34H32ClFN8O/c1-5-28(45)43-11-10-21(12-22(43)15-37-2)44-19-39-32-33(44)25-13-27(35)29(26-16-38-14-20-8-6-7-9-24(20)26)30(36)31(25)40-34(32)42-17-23(18-42)41(3)4/h5-9,13-14,16,19,21-23H,1,10-12,15,17-18H2,3-4H3/t21-,22-/m0/s1. The number of likely N-dealkylation sites (N-methyl/N-ethyl adjacent to an activating group) is 1. The molecule has 2 saturated heterocycles. The second-order valence-corrected chi connectivity index (χ2v) is 12.5. The van der Waals surface area contributed by atoms with E-state index in [1.54, 1.807) is 29.7 Å². The predicted molar refractivity (Wildman–Crippen MR) is 176 cm³/mol. The van der Waals surface area contributed by atoms with Gasteiger partial charge in [0.05, 0.1) is 16.9 Å². The zero-order valence-corrected chi connectivity index (χ0v) is 25.9. The number of fused-ring (bicyclic) bond motifs is 4. The molecule has 7 rings (SSSR count). The van der Waals surface area contributed by atoms with Crippen LogP contribution in [0.3, 0.4) is 0 Å². The summed E-state index contributed by atoms with van der Waals surface area (Å²) in [5.41, 5.74) is 2.52. The molecule has 0 bridgehead atoms. The van der Waals surface area contributed by atoms with Crippen LogP contribution in [-0.2, 0) is 4.79 Å². The molecule has 3 aromatic heterocycles. The van der Waals surface area contributed by atoms with Crippen molar-refractivity contribution >= 4 is 56.0 Å². The van der Waals surface area contributed by atoms with Crippen molar-refractivity contribution in [1.82, 2.24) is 29.3 Å². The third kappa shape index (κ3) is 4.78. The van der Waals surface area contributed by atoms with E-state index in [1.165, 1.54) is 6.08 Å². The number of halogens is 2. The van der Waals surface area contributed by atoms with E-state index in [1.807, 2.05) is 24.3 Å². The minimum atomic E-state index is -0.506. The molecule has 2 fully saturated rings. The highest BCUT2D eigenvalue weighted by Crippen LogP contribution is 2.43. The summed E-state index contributed by atoms with van der Waals surface area (Å²) in [6, 6.07) is 9.53. The Morgan fingerprint density at radius 1 is 1.22 bits per heavy atom. The number of aromatic nitrogens is 4. The molecule has 1 amide bonds. The van der Waals surface area contributed by atoms with Crippen LogP contribution in [0.4, 0.5) is 10.2 Å². The van der Waals surface area contributed by atoms with Gasteiger partial charge in [0.15, 0.2) is 11.6 Å². The molecular weight excluding hydrogens is 591 g/mol. The molecule has 11 heteroatoms. The van der Waals surface area contributed by atoms with Crippen molar-refractivity contribution in [3.8, 4) is 11.1 Å². The number of amides is 1. The van der Waals surface area contributed by atoms with Gasteiger partial charge in [0.2, 0.25) is 12.5 Å². The van der Waals surface area contributed by atoms with E-state index >= 15 is 4.39 Å².